The maximum absolute atomic E-state index is 4.67. The number of hydrogen-bond acceptors (Lipinski definition) is 6. The van der Waals surface area contributed by atoms with Crippen molar-refractivity contribution < 1.29 is 0 Å². The van der Waals surface area contributed by atoms with E-state index >= 15 is 0 Å². The molecule has 0 spiro atoms. The van der Waals surface area contributed by atoms with Crippen LogP contribution in [0.5, 0.6) is 0 Å². The van der Waals surface area contributed by atoms with Gasteiger partial charge in [0.15, 0.2) is 0 Å². The van der Waals surface area contributed by atoms with Gasteiger partial charge in [-0.2, -0.15) is 0 Å². The lowest BCUT2D eigenvalue weighted by Crippen LogP contribution is -2.46. The number of hydrogen-bond donors (Lipinski definition) is 1. The number of piperazine rings is 1. The molecule has 28 heavy (non-hydrogen) atoms. The highest BCUT2D eigenvalue weighted by atomic mass is 15.3. The Morgan fingerprint density at radius 1 is 0.929 bits per heavy atom. The number of nitrogens with zero attached hydrogens (tertiary/aromatic N) is 5. The third-order valence-corrected chi connectivity index (χ3v) is 4.97. The van der Waals surface area contributed by atoms with Gasteiger partial charge in [0.1, 0.15) is 17.5 Å². The summed E-state index contributed by atoms with van der Waals surface area (Å²) in [6.45, 7) is 7.69. The van der Waals surface area contributed by atoms with E-state index in [1.807, 2.05) is 19.2 Å². The molecule has 3 heterocycles. The molecule has 2 aromatic heterocycles. The van der Waals surface area contributed by atoms with Crippen molar-refractivity contribution >= 4 is 11.6 Å². The van der Waals surface area contributed by atoms with E-state index in [2.05, 4.69) is 72.5 Å². The van der Waals surface area contributed by atoms with Crippen molar-refractivity contribution in [2.45, 2.75) is 20.0 Å². The predicted octanol–water partition coefficient (Wildman–Crippen LogP) is 3.11. The van der Waals surface area contributed by atoms with Crippen molar-refractivity contribution in [1.82, 2.24) is 19.9 Å². The molecule has 0 amide bonds. The largest absolute Gasteiger partial charge is 0.366 e. The van der Waals surface area contributed by atoms with Crippen LogP contribution < -0.4 is 10.2 Å². The summed E-state index contributed by atoms with van der Waals surface area (Å²) in [5.74, 6) is 2.65. The first-order valence-electron chi connectivity index (χ1n) is 9.76. The standard InChI is InChI=1S/C22H26N6/c1-18-25-21(24-16-20-8-5-9-23-15-20)14-22(26-18)28-12-10-27(11-13-28)17-19-6-3-2-4-7-19/h2-9,14-15H,10-13,16-17H2,1H3,(H,24,25,26). The third-order valence-electron chi connectivity index (χ3n) is 4.97. The van der Waals surface area contributed by atoms with Gasteiger partial charge in [-0.1, -0.05) is 36.4 Å². The average Bonchev–Trinajstić information content (AvgIpc) is 2.74. The molecule has 0 radical (unpaired) electrons. The Morgan fingerprint density at radius 3 is 2.46 bits per heavy atom. The van der Waals surface area contributed by atoms with E-state index in [-0.39, 0.29) is 0 Å². The van der Waals surface area contributed by atoms with Gasteiger partial charge in [0.2, 0.25) is 0 Å². The van der Waals surface area contributed by atoms with Crippen LogP contribution in [0.2, 0.25) is 0 Å². The summed E-state index contributed by atoms with van der Waals surface area (Å²) in [5.41, 5.74) is 2.51. The van der Waals surface area contributed by atoms with Crippen LogP contribution in [0, 0.1) is 6.92 Å². The molecule has 1 aliphatic rings. The number of aromatic nitrogens is 3. The maximum Gasteiger partial charge on any atom is 0.134 e. The van der Waals surface area contributed by atoms with Crippen LogP contribution in [-0.2, 0) is 13.1 Å². The second kappa shape index (κ2) is 8.80. The second-order valence-corrected chi connectivity index (χ2v) is 7.12. The lowest BCUT2D eigenvalue weighted by atomic mass is 10.2. The van der Waals surface area contributed by atoms with Crippen molar-refractivity contribution in [3.8, 4) is 0 Å². The van der Waals surface area contributed by atoms with Crippen LogP contribution in [0.15, 0.2) is 60.9 Å². The zero-order valence-corrected chi connectivity index (χ0v) is 16.3. The molecule has 0 unspecified atom stereocenters. The second-order valence-electron chi connectivity index (χ2n) is 7.12. The van der Waals surface area contributed by atoms with Crippen LogP contribution in [0.1, 0.15) is 17.0 Å². The summed E-state index contributed by atoms with van der Waals surface area (Å²) < 4.78 is 0. The summed E-state index contributed by atoms with van der Waals surface area (Å²) in [6, 6.07) is 16.7. The van der Waals surface area contributed by atoms with E-state index in [1.54, 1.807) is 6.20 Å². The number of pyridine rings is 1. The van der Waals surface area contributed by atoms with E-state index in [1.165, 1.54) is 5.56 Å². The van der Waals surface area contributed by atoms with E-state index < -0.39 is 0 Å². The van der Waals surface area contributed by atoms with Crippen molar-refractivity contribution in [2.75, 3.05) is 36.4 Å². The summed E-state index contributed by atoms with van der Waals surface area (Å²) in [7, 11) is 0. The van der Waals surface area contributed by atoms with Gasteiger partial charge < -0.3 is 10.2 Å². The fourth-order valence-corrected chi connectivity index (χ4v) is 3.48. The highest BCUT2D eigenvalue weighted by Crippen LogP contribution is 2.19. The highest BCUT2D eigenvalue weighted by Gasteiger charge is 2.19. The van der Waals surface area contributed by atoms with Crippen molar-refractivity contribution in [1.29, 1.82) is 0 Å². The van der Waals surface area contributed by atoms with Gasteiger partial charge in [-0.25, -0.2) is 9.97 Å². The van der Waals surface area contributed by atoms with Crippen molar-refractivity contribution in [2.24, 2.45) is 0 Å². The Hall–Kier alpha value is -2.99. The van der Waals surface area contributed by atoms with Gasteiger partial charge >= 0.3 is 0 Å². The minimum atomic E-state index is 0.703. The zero-order valence-electron chi connectivity index (χ0n) is 16.3. The fraction of sp³-hybridized carbons (Fsp3) is 0.318. The molecule has 3 aromatic rings. The van der Waals surface area contributed by atoms with Crippen molar-refractivity contribution in [3.05, 3.63) is 77.9 Å². The first kappa shape index (κ1) is 18.4. The maximum atomic E-state index is 4.67. The van der Waals surface area contributed by atoms with Gasteiger partial charge in [0, 0.05) is 57.7 Å². The number of anilines is 2. The number of nitrogens with one attached hydrogen (secondary N) is 1. The highest BCUT2D eigenvalue weighted by molar-refractivity contribution is 5.50. The molecule has 0 aliphatic carbocycles. The van der Waals surface area contributed by atoms with Gasteiger partial charge in [-0.05, 0) is 24.1 Å². The van der Waals surface area contributed by atoms with E-state index in [9.17, 15) is 0 Å². The molecular formula is C22H26N6. The first-order chi connectivity index (χ1) is 13.8. The van der Waals surface area contributed by atoms with Crippen molar-refractivity contribution in [3.63, 3.8) is 0 Å². The lowest BCUT2D eigenvalue weighted by molar-refractivity contribution is 0.249. The van der Waals surface area contributed by atoms with E-state index in [0.717, 1.165) is 55.7 Å². The Labute approximate surface area is 166 Å². The Bertz CT molecular complexity index is 876. The monoisotopic (exact) mass is 374 g/mol. The molecule has 1 aromatic carbocycles. The van der Waals surface area contributed by atoms with Gasteiger partial charge in [-0.3, -0.25) is 9.88 Å². The number of aryl methyl sites for hydroxylation is 1. The van der Waals surface area contributed by atoms with E-state index in [4.69, 9.17) is 0 Å². The predicted molar refractivity (Wildman–Crippen MR) is 112 cm³/mol. The van der Waals surface area contributed by atoms with E-state index in [0.29, 0.717) is 6.54 Å². The van der Waals surface area contributed by atoms with Gasteiger partial charge in [-0.15, -0.1) is 0 Å². The Balaban J connectivity index is 1.36. The molecule has 0 saturated carbocycles. The number of rotatable bonds is 6. The molecule has 144 valence electrons. The molecule has 4 rings (SSSR count). The first-order valence-corrected chi connectivity index (χ1v) is 9.76. The topological polar surface area (TPSA) is 57.2 Å². The van der Waals surface area contributed by atoms with Gasteiger partial charge in [0.25, 0.3) is 0 Å². The van der Waals surface area contributed by atoms with Crippen LogP contribution in [0.4, 0.5) is 11.6 Å². The van der Waals surface area contributed by atoms with Crippen LogP contribution >= 0.6 is 0 Å². The Kier molecular flexibility index (Phi) is 5.77. The average molecular weight is 374 g/mol. The molecule has 0 atom stereocenters. The molecule has 1 N–H and O–H groups in total. The molecule has 6 heteroatoms. The van der Waals surface area contributed by atoms with Crippen LogP contribution in [0.25, 0.3) is 0 Å². The summed E-state index contributed by atoms with van der Waals surface area (Å²) in [6.07, 6.45) is 3.65. The van der Waals surface area contributed by atoms with Crippen LogP contribution in [-0.4, -0.2) is 46.0 Å². The molecule has 1 aliphatic heterocycles. The molecule has 0 bridgehead atoms. The summed E-state index contributed by atoms with van der Waals surface area (Å²) in [5, 5.41) is 3.39. The number of benzene rings is 1. The minimum Gasteiger partial charge on any atom is -0.366 e. The smallest absolute Gasteiger partial charge is 0.134 e. The third kappa shape index (κ3) is 4.84. The molecule has 1 fully saturated rings. The summed E-state index contributed by atoms with van der Waals surface area (Å²) >= 11 is 0. The fourth-order valence-electron chi connectivity index (χ4n) is 3.48. The lowest BCUT2D eigenvalue weighted by Gasteiger charge is -2.35. The Morgan fingerprint density at radius 2 is 1.71 bits per heavy atom. The van der Waals surface area contributed by atoms with Crippen LogP contribution in [0.3, 0.4) is 0 Å². The normalized spacial score (nSPS) is 14.8. The van der Waals surface area contributed by atoms with Gasteiger partial charge in [0.05, 0.1) is 0 Å². The molecule has 1 saturated heterocycles. The minimum absolute atomic E-state index is 0.703. The summed E-state index contributed by atoms with van der Waals surface area (Å²) in [4.78, 5) is 18.2. The molecular weight excluding hydrogens is 348 g/mol. The molecule has 6 nitrogen and oxygen atoms in total. The quantitative estimate of drug-likeness (QED) is 0.715. The SMILES string of the molecule is Cc1nc(NCc2cccnc2)cc(N2CCN(Cc3ccccc3)CC2)n1. The zero-order chi connectivity index (χ0) is 19.2.